The molecule has 0 aliphatic carbocycles. The molecule has 0 aromatic heterocycles. The fourth-order valence-electron chi connectivity index (χ4n) is 4.06. The van der Waals surface area contributed by atoms with Crippen molar-refractivity contribution in [3.8, 4) is 0 Å². The van der Waals surface area contributed by atoms with Crippen LogP contribution in [0.3, 0.4) is 0 Å². The number of ketones is 1. The Kier molecular flexibility index (Phi) is 2.98. The number of carbonyl (C=O) groups is 1. The van der Waals surface area contributed by atoms with Crippen LogP contribution in [0.2, 0.25) is 0 Å². The molecule has 1 aromatic rings. The topological polar surface area (TPSA) is 20.3 Å². The second-order valence-electron chi connectivity index (χ2n) is 5.85. The zero-order valence-electron chi connectivity index (χ0n) is 11.2. The zero-order chi connectivity index (χ0) is 12.7. The predicted octanol–water partition coefficient (Wildman–Crippen LogP) is 2.84. The third kappa shape index (κ3) is 1.79. The summed E-state index contributed by atoms with van der Waals surface area (Å²) in [6.45, 7) is 1.77. The Bertz CT molecular complexity index is 442. The molecule has 96 valence electrons. The number of piperidine rings is 1. The lowest BCUT2D eigenvalue weighted by Crippen LogP contribution is -2.48. The van der Waals surface area contributed by atoms with Gasteiger partial charge in [-0.05, 0) is 44.7 Å². The van der Waals surface area contributed by atoms with Gasteiger partial charge in [-0.3, -0.25) is 9.69 Å². The molecule has 2 saturated heterocycles. The molecule has 2 aliphatic heterocycles. The van der Waals surface area contributed by atoms with Crippen molar-refractivity contribution < 1.29 is 4.79 Å². The smallest absolute Gasteiger partial charge is 0.135 e. The Morgan fingerprint density at radius 2 is 1.94 bits per heavy atom. The van der Waals surface area contributed by atoms with Crippen molar-refractivity contribution in [1.29, 1.82) is 0 Å². The molecule has 18 heavy (non-hydrogen) atoms. The van der Waals surface area contributed by atoms with Crippen LogP contribution in [-0.2, 0) is 4.79 Å². The highest BCUT2D eigenvalue weighted by Gasteiger charge is 2.47. The van der Waals surface area contributed by atoms with Gasteiger partial charge in [0.15, 0.2) is 0 Å². The largest absolute Gasteiger partial charge is 0.300 e. The van der Waals surface area contributed by atoms with Gasteiger partial charge in [-0.15, -0.1) is 0 Å². The third-order valence-corrected chi connectivity index (χ3v) is 4.97. The van der Waals surface area contributed by atoms with E-state index in [0.717, 1.165) is 6.42 Å². The highest BCUT2D eigenvalue weighted by Crippen LogP contribution is 2.46. The Hall–Kier alpha value is -1.15. The maximum Gasteiger partial charge on any atom is 0.135 e. The minimum absolute atomic E-state index is 0.191. The average Bonchev–Trinajstić information content (AvgIpc) is 2.63. The molecule has 0 saturated carbocycles. The van der Waals surface area contributed by atoms with Crippen molar-refractivity contribution >= 4 is 5.78 Å². The van der Waals surface area contributed by atoms with E-state index in [9.17, 15) is 4.79 Å². The van der Waals surface area contributed by atoms with Gasteiger partial charge in [0.25, 0.3) is 0 Å². The first-order valence-electron chi connectivity index (χ1n) is 6.96. The van der Waals surface area contributed by atoms with E-state index in [1.165, 1.54) is 18.4 Å². The number of nitrogens with zero attached hydrogens (tertiary/aromatic N) is 1. The van der Waals surface area contributed by atoms with Crippen molar-refractivity contribution in [3.63, 3.8) is 0 Å². The van der Waals surface area contributed by atoms with E-state index in [0.29, 0.717) is 23.8 Å². The van der Waals surface area contributed by atoms with Gasteiger partial charge in [-0.25, -0.2) is 0 Å². The van der Waals surface area contributed by atoms with Crippen molar-refractivity contribution in [2.75, 3.05) is 7.05 Å². The summed E-state index contributed by atoms with van der Waals surface area (Å²) in [5.41, 5.74) is 1.35. The van der Waals surface area contributed by atoms with E-state index < -0.39 is 0 Å². The van der Waals surface area contributed by atoms with Crippen LogP contribution in [0.4, 0.5) is 0 Å². The van der Waals surface area contributed by atoms with Gasteiger partial charge in [-0.1, -0.05) is 30.3 Å². The third-order valence-electron chi connectivity index (χ3n) is 4.97. The summed E-state index contributed by atoms with van der Waals surface area (Å²) in [6.07, 6.45) is 3.59. The molecule has 3 rings (SSSR count). The molecule has 0 radical (unpaired) electrons. The molecule has 2 aliphatic rings. The summed E-state index contributed by atoms with van der Waals surface area (Å²) in [4.78, 5) is 14.5. The Morgan fingerprint density at radius 1 is 1.22 bits per heavy atom. The second kappa shape index (κ2) is 4.51. The molecule has 2 nitrogen and oxygen atoms in total. The number of Topliss-reactive ketones (excluding diaryl/α,β-unsaturated/α-hetero) is 1. The number of fused-ring (bicyclic) bond motifs is 2. The predicted molar refractivity (Wildman–Crippen MR) is 72.5 cm³/mol. The van der Waals surface area contributed by atoms with Crippen LogP contribution in [0.5, 0.6) is 0 Å². The van der Waals surface area contributed by atoms with Crippen LogP contribution in [0.25, 0.3) is 0 Å². The lowest BCUT2D eigenvalue weighted by Gasteiger charge is -2.42. The van der Waals surface area contributed by atoms with E-state index in [1.54, 1.807) is 6.92 Å². The first kappa shape index (κ1) is 11.9. The molecule has 0 spiro atoms. The van der Waals surface area contributed by atoms with E-state index in [4.69, 9.17) is 0 Å². The van der Waals surface area contributed by atoms with Crippen molar-refractivity contribution in [1.82, 2.24) is 4.90 Å². The summed E-state index contributed by atoms with van der Waals surface area (Å²) in [5.74, 6) is 0.981. The fourth-order valence-corrected chi connectivity index (χ4v) is 4.06. The number of rotatable bonds is 2. The molecule has 2 bridgehead atoms. The first-order valence-corrected chi connectivity index (χ1v) is 6.96. The maximum absolute atomic E-state index is 12.1. The molecule has 4 atom stereocenters. The first-order chi connectivity index (χ1) is 8.68. The normalized spacial score (nSPS) is 35.7. The average molecular weight is 243 g/mol. The van der Waals surface area contributed by atoms with Gasteiger partial charge in [0.2, 0.25) is 0 Å². The Balaban J connectivity index is 1.96. The highest BCUT2D eigenvalue weighted by molar-refractivity contribution is 5.80. The number of benzene rings is 1. The van der Waals surface area contributed by atoms with Crippen LogP contribution < -0.4 is 0 Å². The SMILES string of the molecule is CC(=O)[C@@H]1[C@@H](c2ccccc2)C[C@@H]2CC[C@H]1N2C. The van der Waals surface area contributed by atoms with Crippen molar-refractivity contribution in [3.05, 3.63) is 35.9 Å². The summed E-state index contributed by atoms with van der Waals surface area (Å²) in [6, 6.07) is 11.7. The fraction of sp³-hybridized carbons (Fsp3) is 0.562. The molecule has 1 aromatic carbocycles. The maximum atomic E-state index is 12.1. The van der Waals surface area contributed by atoms with Crippen molar-refractivity contribution in [2.45, 2.75) is 44.2 Å². The number of hydrogen-bond acceptors (Lipinski definition) is 2. The van der Waals surface area contributed by atoms with E-state index in [1.807, 2.05) is 0 Å². The summed E-state index contributed by atoms with van der Waals surface area (Å²) in [7, 11) is 2.19. The van der Waals surface area contributed by atoms with Gasteiger partial charge < -0.3 is 0 Å². The van der Waals surface area contributed by atoms with E-state index in [-0.39, 0.29) is 5.92 Å². The van der Waals surface area contributed by atoms with E-state index >= 15 is 0 Å². The lowest BCUT2D eigenvalue weighted by molar-refractivity contribution is -0.124. The molecule has 2 heterocycles. The molecular weight excluding hydrogens is 222 g/mol. The number of hydrogen-bond donors (Lipinski definition) is 0. The number of carbonyl (C=O) groups excluding carboxylic acids is 1. The summed E-state index contributed by atoms with van der Waals surface area (Å²) in [5, 5.41) is 0. The quantitative estimate of drug-likeness (QED) is 0.796. The molecule has 2 fully saturated rings. The Morgan fingerprint density at radius 3 is 2.61 bits per heavy atom. The van der Waals surface area contributed by atoms with Crippen LogP contribution in [0.1, 0.15) is 37.7 Å². The van der Waals surface area contributed by atoms with Crippen LogP contribution in [0, 0.1) is 5.92 Å². The molecule has 0 amide bonds. The van der Waals surface area contributed by atoms with Gasteiger partial charge in [0.05, 0.1) is 0 Å². The molecule has 0 N–H and O–H groups in total. The van der Waals surface area contributed by atoms with Crippen LogP contribution in [-0.4, -0.2) is 29.8 Å². The van der Waals surface area contributed by atoms with Crippen molar-refractivity contribution in [2.24, 2.45) is 5.92 Å². The monoisotopic (exact) mass is 243 g/mol. The summed E-state index contributed by atoms with van der Waals surface area (Å²) >= 11 is 0. The minimum atomic E-state index is 0.191. The minimum Gasteiger partial charge on any atom is -0.300 e. The second-order valence-corrected chi connectivity index (χ2v) is 5.85. The van der Waals surface area contributed by atoms with Gasteiger partial charge in [-0.2, -0.15) is 0 Å². The lowest BCUT2D eigenvalue weighted by atomic mass is 9.74. The molecule has 0 unspecified atom stereocenters. The van der Waals surface area contributed by atoms with Crippen LogP contribution >= 0.6 is 0 Å². The highest BCUT2D eigenvalue weighted by atomic mass is 16.1. The molecular formula is C16H21NO. The van der Waals surface area contributed by atoms with Gasteiger partial charge in [0.1, 0.15) is 5.78 Å². The van der Waals surface area contributed by atoms with Crippen LogP contribution in [0.15, 0.2) is 30.3 Å². The van der Waals surface area contributed by atoms with E-state index in [2.05, 4.69) is 42.3 Å². The van der Waals surface area contributed by atoms with Gasteiger partial charge >= 0.3 is 0 Å². The molecule has 2 heteroatoms. The van der Waals surface area contributed by atoms with Gasteiger partial charge in [0, 0.05) is 18.0 Å². The zero-order valence-corrected chi connectivity index (χ0v) is 11.2. The summed E-state index contributed by atoms with van der Waals surface area (Å²) < 4.78 is 0. The Labute approximate surface area is 109 Å². The standard InChI is InChI=1S/C16H21NO/c1-11(18)16-14(12-6-4-3-5-7-12)10-13-8-9-15(16)17(13)2/h3-7,13-16H,8-10H2,1-2H3/t13-,14+,15+,16+/m0/s1.